The van der Waals surface area contributed by atoms with Crippen LogP contribution in [0.1, 0.15) is 18.0 Å². The molecule has 1 amide bonds. The minimum atomic E-state index is -0.507. The second-order valence-corrected chi connectivity index (χ2v) is 3.46. The second kappa shape index (κ2) is 7.70. The summed E-state index contributed by atoms with van der Waals surface area (Å²) in [5.41, 5.74) is 9.13. The van der Waals surface area contributed by atoms with Gasteiger partial charge >= 0.3 is 0 Å². The van der Waals surface area contributed by atoms with Crippen molar-refractivity contribution in [2.45, 2.75) is 12.5 Å². The van der Waals surface area contributed by atoms with Crippen molar-refractivity contribution in [2.75, 3.05) is 6.54 Å². The van der Waals surface area contributed by atoms with Crippen LogP contribution in [0.25, 0.3) is 10.4 Å². The van der Waals surface area contributed by atoms with Crippen molar-refractivity contribution >= 4 is 12.1 Å². The summed E-state index contributed by atoms with van der Waals surface area (Å²) < 4.78 is 0. The van der Waals surface area contributed by atoms with Gasteiger partial charge in [-0.2, -0.15) is 0 Å². The first-order valence-electron chi connectivity index (χ1n) is 5.31. The molecule has 0 spiro atoms. The van der Waals surface area contributed by atoms with Crippen LogP contribution in [-0.4, -0.2) is 23.9 Å². The average molecular weight is 247 g/mol. The molecule has 0 fully saturated rings. The third-order valence-corrected chi connectivity index (χ3v) is 2.27. The number of carbonyl (C=O) groups is 1. The number of oxime groups is 1. The molecule has 0 aliphatic heterocycles. The highest BCUT2D eigenvalue weighted by molar-refractivity contribution is 6.26. The number of amides is 1. The summed E-state index contributed by atoms with van der Waals surface area (Å²) in [6.45, 7) is 0.270. The highest BCUT2D eigenvalue weighted by Gasteiger charge is 2.12. The number of rotatable bonds is 6. The molecule has 0 bridgehead atoms. The first-order chi connectivity index (χ1) is 8.77. The highest BCUT2D eigenvalue weighted by Crippen LogP contribution is 2.16. The van der Waals surface area contributed by atoms with Crippen molar-refractivity contribution in [3.63, 3.8) is 0 Å². The second-order valence-electron chi connectivity index (χ2n) is 3.46. The predicted molar refractivity (Wildman–Crippen MR) is 66.2 cm³/mol. The van der Waals surface area contributed by atoms with Crippen LogP contribution in [0, 0.1) is 0 Å². The molecule has 0 radical (unpaired) electrons. The Morgan fingerprint density at radius 1 is 1.50 bits per heavy atom. The molecule has 0 heterocycles. The van der Waals surface area contributed by atoms with Crippen LogP contribution in [0.4, 0.5) is 0 Å². The van der Waals surface area contributed by atoms with Gasteiger partial charge < -0.3 is 10.5 Å². The van der Waals surface area contributed by atoms with E-state index in [9.17, 15) is 4.79 Å². The van der Waals surface area contributed by atoms with Gasteiger partial charge in [0.2, 0.25) is 0 Å². The van der Waals surface area contributed by atoms with E-state index >= 15 is 0 Å². The number of nitrogens with zero attached hydrogens (tertiary/aromatic N) is 4. The van der Waals surface area contributed by atoms with E-state index in [4.69, 9.17) is 10.7 Å². The SMILES string of the molecule is [N-]=[N+]=NCCC(NC(=O)/C=N/O)c1ccccc1. The van der Waals surface area contributed by atoms with Crippen LogP contribution in [-0.2, 0) is 4.79 Å². The van der Waals surface area contributed by atoms with E-state index in [0.717, 1.165) is 11.8 Å². The lowest BCUT2D eigenvalue weighted by atomic mass is 10.0. The number of hydrogen-bond donors (Lipinski definition) is 2. The molecule has 1 aromatic rings. The normalized spacial score (nSPS) is 11.8. The van der Waals surface area contributed by atoms with Gasteiger partial charge in [0.15, 0.2) is 0 Å². The van der Waals surface area contributed by atoms with Crippen LogP contribution >= 0.6 is 0 Å². The van der Waals surface area contributed by atoms with Crippen molar-refractivity contribution in [3.05, 3.63) is 46.3 Å². The summed E-state index contributed by atoms with van der Waals surface area (Å²) in [5, 5.41) is 17.0. The first kappa shape index (κ1) is 13.5. The monoisotopic (exact) mass is 247 g/mol. The maximum absolute atomic E-state index is 11.3. The zero-order valence-electron chi connectivity index (χ0n) is 9.60. The van der Waals surface area contributed by atoms with Crippen molar-refractivity contribution < 1.29 is 10.0 Å². The zero-order valence-corrected chi connectivity index (χ0v) is 9.60. The van der Waals surface area contributed by atoms with Gasteiger partial charge in [-0.3, -0.25) is 4.79 Å². The Balaban J connectivity index is 2.74. The number of hydrogen-bond acceptors (Lipinski definition) is 4. The Kier molecular flexibility index (Phi) is 5.79. The summed E-state index contributed by atoms with van der Waals surface area (Å²) in [6.07, 6.45) is 1.25. The highest BCUT2D eigenvalue weighted by atomic mass is 16.4. The van der Waals surface area contributed by atoms with Crippen molar-refractivity contribution in [3.8, 4) is 0 Å². The van der Waals surface area contributed by atoms with Crippen LogP contribution in [0.15, 0.2) is 40.6 Å². The lowest BCUT2D eigenvalue weighted by Crippen LogP contribution is -2.29. The molecular weight excluding hydrogens is 234 g/mol. The summed E-state index contributed by atoms with van der Waals surface area (Å²) in [4.78, 5) is 14.0. The third kappa shape index (κ3) is 4.54. The smallest absolute Gasteiger partial charge is 0.266 e. The van der Waals surface area contributed by atoms with Crippen molar-refractivity contribution in [2.24, 2.45) is 10.3 Å². The van der Waals surface area contributed by atoms with Crippen molar-refractivity contribution in [1.82, 2.24) is 5.32 Å². The number of nitrogens with one attached hydrogen (secondary N) is 1. The molecule has 0 aliphatic carbocycles. The maximum atomic E-state index is 11.3. The molecule has 7 heteroatoms. The standard InChI is InChI=1S/C11H13N5O2/c12-16-13-7-6-10(15-11(17)8-14-18)9-4-2-1-3-5-9/h1-5,8,10,18H,6-7H2,(H,15,17)/b14-8+. The molecule has 7 nitrogen and oxygen atoms in total. The predicted octanol–water partition coefficient (Wildman–Crippen LogP) is 2.00. The van der Waals surface area contributed by atoms with E-state index in [-0.39, 0.29) is 12.6 Å². The first-order valence-corrected chi connectivity index (χ1v) is 5.31. The lowest BCUT2D eigenvalue weighted by molar-refractivity contribution is -0.115. The van der Waals surface area contributed by atoms with E-state index in [0.29, 0.717) is 6.42 Å². The van der Waals surface area contributed by atoms with E-state index < -0.39 is 5.91 Å². The Morgan fingerprint density at radius 3 is 2.83 bits per heavy atom. The van der Waals surface area contributed by atoms with E-state index in [1.54, 1.807) is 0 Å². The van der Waals surface area contributed by atoms with E-state index in [2.05, 4.69) is 20.5 Å². The van der Waals surface area contributed by atoms with Gasteiger partial charge in [0.1, 0.15) is 6.21 Å². The molecule has 2 N–H and O–H groups in total. The van der Waals surface area contributed by atoms with Gasteiger partial charge in [0.25, 0.3) is 5.91 Å². The third-order valence-electron chi connectivity index (χ3n) is 2.27. The number of benzene rings is 1. The van der Waals surface area contributed by atoms with Crippen LogP contribution in [0.2, 0.25) is 0 Å². The molecule has 0 aromatic heterocycles. The summed E-state index contributed by atoms with van der Waals surface area (Å²) in [7, 11) is 0. The molecule has 0 saturated heterocycles. The van der Waals surface area contributed by atoms with Crippen LogP contribution in [0.5, 0.6) is 0 Å². The largest absolute Gasteiger partial charge is 0.411 e. The van der Waals surface area contributed by atoms with E-state index in [1.165, 1.54) is 0 Å². The van der Waals surface area contributed by atoms with Crippen LogP contribution in [0.3, 0.4) is 0 Å². The Hall–Kier alpha value is -2.53. The summed E-state index contributed by atoms with van der Waals surface area (Å²) in [5.74, 6) is -0.507. The molecule has 0 saturated carbocycles. The summed E-state index contributed by atoms with van der Waals surface area (Å²) >= 11 is 0. The van der Waals surface area contributed by atoms with Gasteiger partial charge in [-0.1, -0.05) is 40.6 Å². The van der Waals surface area contributed by atoms with E-state index in [1.807, 2.05) is 30.3 Å². The van der Waals surface area contributed by atoms with Gasteiger partial charge in [-0.25, -0.2) is 0 Å². The minimum Gasteiger partial charge on any atom is -0.411 e. The molecule has 1 atom stereocenters. The average Bonchev–Trinajstić information content (AvgIpc) is 2.39. The quantitative estimate of drug-likeness (QED) is 0.200. The molecule has 0 aliphatic rings. The fourth-order valence-electron chi connectivity index (χ4n) is 1.50. The molecule has 18 heavy (non-hydrogen) atoms. The molecular formula is C11H13N5O2. The Labute approximate surface area is 104 Å². The van der Waals surface area contributed by atoms with Gasteiger partial charge in [0.05, 0.1) is 6.04 Å². The number of azide groups is 1. The zero-order chi connectivity index (χ0) is 13.2. The van der Waals surface area contributed by atoms with Crippen LogP contribution < -0.4 is 5.32 Å². The lowest BCUT2D eigenvalue weighted by Gasteiger charge is -2.16. The fourth-order valence-corrected chi connectivity index (χ4v) is 1.50. The molecule has 1 unspecified atom stereocenters. The Morgan fingerprint density at radius 2 is 2.22 bits per heavy atom. The van der Waals surface area contributed by atoms with Gasteiger partial charge in [0, 0.05) is 11.5 Å². The maximum Gasteiger partial charge on any atom is 0.266 e. The van der Waals surface area contributed by atoms with Crippen molar-refractivity contribution in [1.29, 1.82) is 0 Å². The summed E-state index contributed by atoms with van der Waals surface area (Å²) in [6, 6.07) is 8.99. The topological polar surface area (TPSA) is 110 Å². The molecule has 94 valence electrons. The fraction of sp³-hybridized carbons (Fsp3) is 0.273. The van der Waals surface area contributed by atoms with Gasteiger partial charge in [-0.15, -0.1) is 0 Å². The van der Waals surface area contributed by atoms with Gasteiger partial charge in [-0.05, 0) is 17.5 Å². The minimum absolute atomic E-state index is 0.270. The molecule has 1 aromatic carbocycles. The number of carbonyl (C=O) groups excluding carboxylic acids is 1. The molecule has 1 rings (SSSR count). The Bertz CT molecular complexity index is 454.